The first-order chi connectivity index (χ1) is 13.9. The number of hydrogen-bond acceptors (Lipinski definition) is 3. The van der Waals surface area contributed by atoms with Crippen molar-refractivity contribution in [2.45, 2.75) is 56.9 Å². The number of sulfonamides is 1. The molecule has 5 heteroatoms. The zero-order valence-corrected chi connectivity index (χ0v) is 18.0. The van der Waals surface area contributed by atoms with Gasteiger partial charge in [0.15, 0.2) is 5.78 Å². The molecule has 0 spiro atoms. The van der Waals surface area contributed by atoms with Gasteiger partial charge in [0.1, 0.15) is 0 Å². The van der Waals surface area contributed by atoms with Crippen LogP contribution < -0.4 is 0 Å². The summed E-state index contributed by atoms with van der Waals surface area (Å²) in [5, 5.41) is 0. The Hall–Kier alpha value is -2.24. The number of hydrogen-bond donors (Lipinski definition) is 0. The van der Waals surface area contributed by atoms with Gasteiger partial charge in [-0.25, -0.2) is 8.42 Å². The van der Waals surface area contributed by atoms with Crippen molar-refractivity contribution >= 4 is 15.8 Å². The fourth-order valence-corrected chi connectivity index (χ4v) is 5.27. The first kappa shape index (κ1) is 21.5. The van der Waals surface area contributed by atoms with Crippen LogP contribution in [0.1, 0.15) is 54.9 Å². The molecule has 0 aliphatic carbocycles. The van der Waals surface area contributed by atoms with Crippen molar-refractivity contribution in [2.75, 3.05) is 6.54 Å². The first-order valence-corrected chi connectivity index (χ1v) is 11.8. The van der Waals surface area contributed by atoms with Gasteiger partial charge in [0.25, 0.3) is 0 Å². The third-order valence-electron chi connectivity index (χ3n) is 5.40. The molecule has 0 radical (unpaired) electrons. The van der Waals surface area contributed by atoms with E-state index in [0.717, 1.165) is 37.7 Å². The van der Waals surface area contributed by atoms with E-state index in [4.69, 9.17) is 0 Å². The average Bonchev–Trinajstić information content (AvgIpc) is 3.17. The van der Waals surface area contributed by atoms with Crippen LogP contribution in [0.5, 0.6) is 0 Å². The van der Waals surface area contributed by atoms with Crippen LogP contribution in [0.15, 0.2) is 71.1 Å². The van der Waals surface area contributed by atoms with Gasteiger partial charge in [0.2, 0.25) is 10.0 Å². The number of benzene rings is 2. The number of carbonyl (C=O) groups is 1. The molecule has 0 amide bonds. The number of nitrogens with zero attached hydrogens (tertiary/aromatic N) is 1. The van der Waals surface area contributed by atoms with Gasteiger partial charge in [-0.1, -0.05) is 86.7 Å². The molecule has 1 aliphatic heterocycles. The summed E-state index contributed by atoms with van der Waals surface area (Å²) in [5.74, 6) is -0.0919. The Labute approximate surface area is 174 Å². The molecule has 0 aromatic heterocycles. The minimum Gasteiger partial charge on any atom is -0.289 e. The monoisotopic (exact) mass is 411 g/mol. The molecular formula is C24H29NO3S. The van der Waals surface area contributed by atoms with Crippen molar-refractivity contribution in [3.63, 3.8) is 0 Å². The maximum atomic E-state index is 13.3. The maximum Gasteiger partial charge on any atom is 0.243 e. The van der Waals surface area contributed by atoms with Crippen molar-refractivity contribution < 1.29 is 13.2 Å². The predicted octanol–water partition coefficient (Wildman–Crippen LogP) is 5.15. The summed E-state index contributed by atoms with van der Waals surface area (Å²) in [7, 11) is -3.67. The topological polar surface area (TPSA) is 54.5 Å². The van der Waals surface area contributed by atoms with E-state index in [2.05, 4.69) is 6.92 Å². The van der Waals surface area contributed by atoms with Crippen LogP contribution in [0.4, 0.5) is 0 Å². The van der Waals surface area contributed by atoms with E-state index in [1.807, 2.05) is 43.3 Å². The Bertz CT molecular complexity index is 963. The van der Waals surface area contributed by atoms with Crippen LogP contribution in [0.3, 0.4) is 0 Å². The zero-order chi connectivity index (χ0) is 20.9. The molecule has 3 rings (SSSR count). The average molecular weight is 412 g/mol. The van der Waals surface area contributed by atoms with Crippen molar-refractivity contribution in [1.82, 2.24) is 4.31 Å². The standard InChI is InChI=1S/C24H29NO3S/c1-3-4-5-9-12-22-17-21(24(26)20-10-7-6-8-11-20)18-25(22)29(27,28)23-15-13-19(2)14-16-23/h6-8,10-11,13-17,22H,3-5,9,12,18H2,1-2H3. The zero-order valence-electron chi connectivity index (χ0n) is 17.2. The number of unbranched alkanes of at least 4 members (excludes halogenated alkanes) is 3. The lowest BCUT2D eigenvalue weighted by Crippen LogP contribution is -2.36. The van der Waals surface area contributed by atoms with Gasteiger partial charge in [-0.15, -0.1) is 0 Å². The number of rotatable bonds is 9. The Balaban J connectivity index is 1.86. The lowest BCUT2D eigenvalue weighted by atomic mass is 10.0. The van der Waals surface area contributed by atoms with Gasteiger partial charge in [-0.2, -0.15) is 4.31 Å². The molecule has 1 unspecified atom stereocenters. The molecule has 1 atom stereocenters. The van der Waals surface area contributed by atoms with E-state index >= 15 is 0 Å². The second kappa shape index (κ2) is 9.51. The molecule has 4 nitrogen and oxygen atoms in total. The second-order valence-corrected chi connectivity index (χ2v) is 9.56. The summed E-state index contributed by atoms with van der Waals surface area (Å²) < 4.78 is 28.2. The van der Waals surface area contributed by atoms with Crippen LogP contribution >= 0.6 is 0 Å². The summed E-state index contributed by atoms with van der Waals surface area (Å²) >= 11 is 0. The highest BCUT2D eigenvalue weighted by molar-refractivity contribution is 7.89. The highest BCUT2D eigenvalue weighted by Gasteiger charge is 2.37. The van der Waals surface area contributed by atoms with Crippen molar-refractivity contribution in [3.05, 3.63) is 77.4 Å². The highest BCUT2D eigenvalue weighted by Crippen LogP contribution is 2.30. The first-order valence-electron chi connectivity index (χ1n) is 10.3. The summed E-state index contributed by atoms with van der Waals surface area (Å²) in [6, 6.07) is 15.7. The number of ketones is 1. The lowest BCUT2D eigenvalue weighted by molar-refractivity contribution is 0.103. The minimum absolute atomic E-state index is 0.0919. The third-order valence-corrected chi connectivity index (χ3v) is 7.28. The van der Waals surface area contributed by atoms with E-state index in [1.165, 1.54) is 4.31 Å². The lowest BCUT2D eigenvalue weighted by Gasteiger charge is -2.24. The van der Waals surface area contributed by atoms with Crippen LogP contribution in [-0.2, 0) is 10.0 Å². The van der Waals surface area contributed by atoms with Gasteiger partial charge < -0.3 is 0 Å². The molecule has 2 aromatic carbocycles. The van der Waals surface area contributed by atoms with Crippen LogP contribution in [0.25, 0.3) is 0 Å². The van der Waals surface area contributed by atoms with E-state index in [0.29, 0.717) is 11.1 Å². The molecule has 1 aliphatic rings. The van der Waals surface area contributed by atoms with Crippen LogP contribution in [0.2, 0.25) is 0 Å². The van der Waals surface area contributed by atoms with Gasteiger partial charge >= 0.3 is 0 Å². The van der Waals surface area contributed by atoms with Crippen molar-refractivity contribution in [1.29, 1.82) is 0 Å². The van der Waals surface area contributed by atoms with Crippen LogP contribution in [-0.4, -0.2) is 31.1 Å². The second-order valence-electron chi connectivity index (χ2n) is 7.67. The van der Waals surface area contributed by atoms with E-state index < -0.39 is 10.0 Å². The molecule has 0 bridgehead atoms. The molecule has 0 saturated heterocycles. The van der Waals surface area contributed by atoms with Gasteiger partial charge in [0.05, 0.1) is 4.90 Å². The van der Waals surface area contributed by atoms with E-state index in [9.17, 15) is 13.2 Å². The number of carbonyl (C=O) groups excluding carboxylic acids is 1. The Kier molecular flexibility index (Phi) is 7.04. The molecule has 0 saturated carbocycles. The Morgan fingerprint density at radius 3 is 2.34 bits per heavy atom. The molecular weight excluding hydrogens is 382 g/mol. The predicted molar refractivity (Wildman–Crippen MR) is 116 cm³/mol. The van der Waals surface area contributed by atoms with Gasteiger partial charge in [-0.05, 0) is 25.5 Å². The molecule has 2 aromatic rings. The number of aryl methyl sites for hydroxylation is 1. The summed E-state index contributed by atoms with van der Waals surface area (Å²) in [6.07, 6.45) is 6.88. The fourth-order valence-electron chi connectivity index (χ4n) is 3.69. The summed E-state index contributed by atoms with van der Waals surface area (Å²) in [4.78, 5) is 13.2. The van der Waals surface area contributed by atoms with Gasteiger partial charge in [0, 0.05) is 23.7 Å². The molecule has 154 valence electrons. The van der Waals surface area contributed by atoms with Crippen molar-refractivity contribution in [2.24, 2.45) is 0 Å². The SMILES string of the molecule is CCCCCCC1C=C(C(=O)c2ccccc2)CN1S(=O)(=O)c1ccc(C)cc1. The molecule has 0 N–H and O–H groups in total. The van der Waals surface area contributed by atoms with Gasteiger partial charge in [-0.3, -0.25) is 4.79 Å². The summed E-state index contributed by atoms with van der Waals surface area (Å²) in [5.41, 5.74) is 2.17. The Morgan fingerprint density at radius 1 is 1.00 bits per heavy atom. The largest absolute Gasteiger partial charge is 0.289 e. The van der Waals surface area contributed by atoms with E-state index in [1.54, 1.807) is 24.3 Å². The third kappa shape index (κ3) is 5.03. The molecule has 29 heavy (non-hydrogen) atoms. The Morgan fingerprint density at radius 2 is 1.69 bits per heavy atom. The molecule has 0 fully saturated rings. The summed E-state index contributed by atoms with van der Waals surface area (Å²) in [6.45, 7) is 4.21. The van der Waals surface area contributed by atoms with E-state index in [-0.39, 0.29) is 23.3 Å². The molecule has 1 heterocycles. The quantitative estimate of drug-likeness (QED) is 0.424. The highest BCUT2D eigenvalue weighted by atomic mass is 32.2. The smallest absolute Gasteiger partial charge is 0.243 e. The van der Waals surface area contributed by atoms with Crippen molar-refractivity contribution in [3.8, 4) is 0 Å². The fraction of sp³-hybridized carbons (Fsp3) is 0.375. The number of Topliss-reactive ketones (excluding diaryl/α,β-unsaturated/α-hetero) is 1. The normalized spacial score (nSPS) is 17.3. The minimum atomic E-state index is -3.67. The maximum absolute atomic E-state index is 13.3. The van der Waals surface area contributed by atoms with Crippen LogP contribution in [0, 0.1) is 6.92 Å².